The first kappa shape index (κ1) is 15.3. The van der Waals surface area contributed by atoms with E-state index in [1.165, 1.54) is 0 Å². The van der Waals surface area contributed by atoms with E-state index in [1.807, 2.05) is 26.0 Å². The van der Waals surface area contributed by atoms with Crippen LogP contribution in [0.3, 0.4) is 0 Å². The van der Waals surface area contributed by atoms with E-state index in [4.69, 9.17) is 23.2 Å². The van der Waals surface area contributed by atoms with Gasteiger partial charge >= 0.3 is 0 Å². The SMILES string of the molecule is CCN(C)C(=O)CNC(C)c1ccc(Cl)c(Cl)c1. The molecule has 0 saturated carbocycles. The maximum absolute atomic E-state index is 11.6. The van der Waals surface area contributed by atoms with Crippen LogP contribution in [0.4, 0.5) is 0 Å². The Morgan fingerprint density at radius 2 is 2.06 bits per heavy atom. The molecule has 0 aliphatic heterocycles. The standard InChI is InChI=1S/C13H18Cl2N2O/c1-4-17(3)13(18)8-16-9(2)10-5-6-11(14)12(15)7-10/h5-7,9,16H,4,8H2,1-3H3. The third kappa shape index (κ3) is 4.16. The Kier molecular flexibility index (Phi) is 5.93. The topological polar surface area (TPSA) is 32.3 Å². The molecule has 0 bridgehead atoms. The van der Waals surface area contributed by atoms with Crippen LogP contribution >= 0.6 is 23.2 Å². The van der Waals surface area contributed by atoms with Gasteiger partial charge in [-0.3, -0.25) is 4.79 Å². The summed E-state index contributed by atoms with van der Waals surface area (Å²) in [5.41, 5.74) is 1.01. The van der Waals surface area contributed by atoms with Crippen molar-refractivity contribution in [3.8, 4) is 0 Å². The lowest BCUT2D eigenvalue weighted by Gasteiger charge is -2.18. The third-order valence-corrected chi connectivity index (χ3v) is 3.64. The average Bonchev–Trinajstić information content (AvgIpc) is 2.37. The van der Waals surface area contributed by atoms with Crippen molar-refractivity contribution < 1.29 is 4.79 Å². The molecule has 0 aliphatic carbocycles. The van der Waals surface area contributed by atoms with Crippen molar-refractivity contribution in [1.82, 2.24) is 10.2 Å². The molecule has 0 aromatic heterocycles. The molecule has 1 aromatic rings. The molecule has 0 saturated heterocycles. The van der Waals surface area contributed by atoms with E-state index < -0.39 is 0 Å². The molecule has 1 N–H and O–H groups in total. The molecule has 1 unspecified atom stereocenters. The van der Waals surface area contributed by atoms with Gasteiger partial charge in [0.25, 0.3) is 0 Å². The zero-order chi connectivity index (χ0) is 13.7. The number of hydrogen-bond donors (Lipinski definition) is 1. The van der Waals surface area contributed by atoms with E-state index >= 15 is 0 Å². The number of nitrogens with one attached hydrogen (secondary N) is 1. The predicted molar refractivity (Wildman–Crippen MR) is 76.2 cm³/mol. The van der Waals surface area contributed by atoms with Crippen molar-refractivity contribution in [2.24, 2.45) is 0 Å². The second-order valence-electron chi connectivity index (χ2n) is 4.18. The van der Waals surface area contributed by atoms with Crippen molar-refractivity contribution in [2.75, 3.05) is 20.1 Å². The minimum atomic E-state index is 0.0500. The highest BCUT2D eigenvalue weighted by Crippen LogP contribution is 2.25. The Morgan fingerprint density at radius 1 is 1.39 bits per heavy atom. The average molecular weight is 289 g/mol. The van der Waals surface area contributed by atoms with Crippen LogP contribution in [0.5, 0.6) is 0 Å². The minimum absolute atomic E-state index is 0.0500. The second-order valence-corrected chi connectivity index (χ2v) is 5.00. The van der Waals surface area contributed by atoms with Crippen LogP contribution in [0, 0.1) is 0 Å². The number of halogens is 2. The van der Waals surface area contributed by atoms with E-state index in [0.29, 0.717) is 23.1 Å². The van der Waals surface area contributed by atoms with Gasteiger partial charge in [-0.1, -0.05) is 29.3 Å². The molecule has 1 amide bonds. The Labute approximate surface area is 118 Å². The lowest BCUT2D eigenvalue weighted by atomic mass is 10.1. The number of carbonyl (C=O) groups is 1. The summed E-state index contributed by atoms with van der Waals surface area (Å²) in [7, 11) is 1.79. The van der Waals surface area contributed by atoms with Crippen molar-refractivity contribution in [3.05, 3.63) is 33.8 Å². The highest BCUT2D eigenvalue weighted by atomic mass is 35.5. The molecule has 1 aromatic carbocycles. The number of nitrogens with zero attached hydrogens (tertiary/aromatic N) is 1. The van der Waals surface area contributed by atoms with Crippen molar-refractivity contribution in [1.29, 1.82) is 0 Å². The van der Waals surface area contributed by atoms with Crippen molar-refractivity contribution >= 4 is 29.1 Å². The van der Waals surface area contributed by atoms with E-state index in [1.54, 1.807) is 18.0 Å². The van der Waals surface area contributed by atoms with Gasteiger partial charge in [0.15, 0.2) is 0 Å². The first-order valence-electron chi connectivity index (χ1n) is 5.88. The summed E-state index contributed by atoms with van der Waals surface area (Å²) >= 11 is 11.8. The number of hydrogen-bond acceptors (Lipinski definition) is 2. The summed E-state index contributed by atoms with van der Waals surface area (Å²) in [4.78, 5) is 13.3. The van der Waals surface area contributed by atoms with Gasteiger partial charge in [-0.25, -0.2) is 0 Å². The Morgan fingerprint density at radius 3 is 2.61 bits per heavy atom. The van der Waals surface area contributed by atoms with E-state index in [0.717, 1.165) is 5.56 Å². The molecule has 0 radical (unpaired) electrons. The van der Waals surface area contributed by atoms with Crippen molar-refractivity contribution in [2.45, 2.75) is 19.9 Å². The summed E-state index contributed by atoms with van der Waals surface area (Å²) in [6.07, 6.45) is 0. The number of benzene rings is 1. The molecule has 3 nitrogen and oxygen atoms in total. The fourth-order valence-corrected chi connectivity index (χ4v) is 1.76. The number of carbonyl (C=O) groups excluding carboxylic acids is 1. The lowest BCUT2D eigenvalue weighted by molar-refractivity contribution is -0.128. The zero-order valence-electron chi connectivity index (χ0n) is 10.8. The van der Waals surface area contributed by atoms with E-state index in [9.17, 15) is 4.79 Å². The van der Waals surface area contributed by atoms with Gasteiger partial charge in [-0.15, -0.1) is 0 Å². The summed E-state index contributed by atoms with van der Waals surface area (Å²) in [6.45, 7) is 4.95. The first-order valence-corrected chi connectivity index (χ1v) is 6.63. The molecule has 0 heterocycles. The Hall–Kier alpha value is -0.770. The third-order valence-electron chi connectivity index (χ3n) is 2.90. The van der Waals surface area contributed by atoms with Gasteiger partial charge in [-0.05, 0) is 31.5 Å². The van der Waals surface area contributed by atoms with Crippen molar-refractivity contribution in [3.63, 3.8) is 0 Å². The second kappa shape index (κ2) is 6.98. The molecule has 100 valence electrons. The van der Waals surface area contributed by atoms with Gasteiger partial charge in [0.05, 0.1) is 16.6 Å². The van der Waals surface area contributed by atoms with E-state index in [-0.39, 0.29) is 11.9 Å². The normalized spacial score (nSPS) is 12.3. The highest BCUT2D eigenvalue weighted by molar-refractivity contribution is 6.42. The molecular weight excluding hydrogens is 271 g/mol. The molecule has 5 heteroatoms. The molecule has 1 rings (SSSR count). The minimum Gasteiger partial charge on any atom is -0.345 e. The highest BCUT2D eigenvalue weighted by Gasteiger charge is 2.11. The van der Waals surface area contributed by atoms with Gasteiger partial charge in [-0.2, -0.15) is 0 Å². The summed E-state index contributed by atoms with van der Waals surface area (Å²) in [5, 5.41) is 4.23. The molecule has 0 aliphatic rings. The quantitative estimate of drug-likeness (QED) is 0.903. The van der Waals surface area contributed by atoms with Crippen LogP contribution in [0.15, 0.2) is 18.2 Å². The zero-order valence-corrected chi connectivity index (χ0v) is 12.3. The smallest absolute Gasteiger partial charge is 0.236 e. The molecule has 18 heavy (non-hydrogen) atoms. The Balaban J connectivity index is 2.57. The van der Waals surface area contributed by atoms with Crippen LogP contribution < -0.4 is 5.32 Å². The van der Waals surface area contributed by atoms with Crippen LogP contribution in [-0.2, 0) is 4.79 Å². The van der Waals surface area contributed by atoms with Gasteiger partial charge in [0.2, 0.25) is 5.91 Å². The van der Waals surface area contributed by atoms with Gasteiger partial charge in [0.1, 0.15) is 0 Å². The summed E-state index contributed by atoms with van der Waals surface area (Å²) in [5.74, 6) is 0.0735. The number of rotatable bonds is 5. The van der Waals surface area contributed by atoms with Crippen LogP contribution in [0.2, 0.25) is 10.0 Å². The largest absolute Gasteiger partial charge is 0.345 e. The predicted octanol–water partition coefficient (Wildman–Crippen LogP) is 3.12. The number of likely N-dealkylation sites (N-methyl/N-ethyl adjacent to an activating group) is 1. The molecule has 0 fully saturated rings. The lowest BCUT2D eigenvalue weighted by Crippen LogP contribution is -2.36. The Bertz CT molecular complexity index is 423. The molecular formula is C13H18Cl2N2O. The maximum Gasteiger partial charge on any atom is 0.236 e. The molecule has 1 atom stereocenters. The van der Waals surface area contributed by atoms with Crippen LogP contribution in [0.25, 0.3) is 0 Å². The van der Waals surface area contributed by atoms with Gasteiger partial charge < -0.3 is 10.2 Å². The maximum atomic E-state index is 11.6. The summed E-state index contributed by atoms with van der Waals surface area (Å²) in [6, 6.07) is 5.53. The van der Waals surface area contributed by atoms with Crippen LogP contribution in [0.1, 0.15) is 25.5 Å². The van der Waals surface area contributed by atoms with Gasteiger partial charge in [0, 0.05) is 19.6 Å². The van der Waals surface area contributed by atoms with Crippen LogP contribution in [-0.4, -0.2) is 30.9 Å². The fraction of sp³-hybridized carbons (Fsp3) is 0.462. The first-order chi connectivity index (χ1) is 8.45. The number of amides is 1. The summed E-state index contributed by atoms with van der Waals surface area (Å²) < 4.78 is 0. The fourth-order valence-electron chi connectivity index (χ4n) is 1.45. The monoisotopic (exact) mass is 288 g/mol. The molecule has 0 spiro atoms. The van der Waals surface area contributed by atoms with E-state index in [2.05, 4.69) is 5.32 Å².